The van der Waals surface area contributed by atoms with Crippen LogP contribution >= 0.6 is 8.25 Å². The molecule has 3 nitrogen and oxygen atoms in total. The van der Waals surface area contributed by atoms with Crippen molar-refractivity contribution in [2.24, 2.45) is 5.41 Å². The maximum Gasteiger partial charge on any atom is 0.316 e. The normalized spacial score (nSPS) is 15.6. The van der Waals surface area contributed by atoms with Gasteiger partial charge in [0, 0.05) is 0 Å². The van der Waals surface area contributed by atoms with Crippen molar-refractivity contribution in [2.75, 3.05) is 0 Å². The lowest BCUT2D eigenvalue weighted by Crippen LogP contribution is -2.28. The van der Waals surface area contributed by atoms with Crippen molar-refractivity contribution in [3.05, 3.63) is 12.7 Å². The van der Waals surface area contributed by atoms with E-state index in [2.05, 4.69) is 12.5 Å². The first-order chi connectivity index (χ1) is 6.44. The summed E-state index contributed by atoms with van der Waals surface area (Å²) in [6.07, 6.45) is 7.98. The van der Waals surface area contributed by atoms with Crippen molar-refractivity contribution >= 4 is 8.25 Å². The molecule has 80 valence electrons. The molecule has 0 radical (unpaired) electrons. The quantitative estimate of drug-likeness (QED) is 0.421. The van der Waals surface area contributed by atoms with Crippen molar-refractivity contribution in [1.82, 2.24) is 0 Å². The molecule has 0 aromatic heterocycles. The fourth-order valence-corrected chi connectivity index (χ4v) is 1.71. The topological polar surface area (TPSA) is 46.5 Å². The van der Waals surface area contributed by atoms with Gasteiger partial charge in [0.05, 0.1) is 11.5 Å². The lowest BCUT2D eigenvalue weighted by molar-refractivity contribution is 0.100. The van der Waals surface area contributed by atoms with Gasteiger partial charge >= 0.3 is 8.25 Å². The van der Waals surface area contributed by atoms with Gasteiger partial charge in [0.1, 0.15) is 0 Å². The summed E-state index contributed by atoms with van der Waals surface area (Å²) >= 11 is 0. The van der Waals surface area contributed by atoms with Crippen molar-refractivity contribution in [1.29, 1.82) is 0 Å². The number of hydrogen-bond donors (Lipinski definition) is 1. The molecule has 1 N–H and O–H groups in total. The van der Waals surface area contributed by atoms with Gasteiger partial charge in [-0.3, -0.25) is 4.57 Å². The second-order valence-electron chi connectivity index (χ2n) is 3.60. The van der Waals surface area contributed by atoms with Gasteiger partial charge in [-0.05, 0) is 26.7 Å². The molecule has 0 spiro atoms. The highest BCUT2D eigenvalue weighted by atomic mass is 31.1. The van der Waals surface area contributed by atoms with Crippen molar-refractivity contribution < 1.29 is 14.0 Å². The smallest absolute Gasteiger partial charge is 0.316 e. The van der Waals surface area contributed by atoms with Gasteiger partial charge in [-0.25, -0.2) is 0 Å². The van der Waals surface area contributed by atoms with Crippen LogP contribution in [0.3, 0.4) is 0 Å². The Balaban J connectivity index is 4.47. The minimum Gasteiger partial charge on any atom is -0.326 e. The molecule has 0 saturated carbocycles. The maximum absolute atomic E-state index is 10.6. The van der Waals surface area contributed by atoms with Crippen LogP contribution in [-0.4, -0.2) is 11.0 Å². The van der Waals surface area contributed by atoms with Crippen LogP contribution in [0.15, 0.2) is 12.7 Å². The molecule has 2 unspecified atom stereocenters. The third-order valence-electron chi connectivity index (χ3n) is 2.05. The largest absolute Gasteiger partial charge is 0.326 e. The fourth-order valence-electron chi connectivity index (χ4n) is 1.05. The lowest BCUT2D eigenvalue weighted by atomic mass is 9.85. The van der Waals surface area contributed by atoms with Crippen LogP contribution < -0.4 is 0 Å². The van der Waals surface area contributed by atoms with Crippen molar-refractivity contribution in [3.63, 3.8) is 0 Å². The van der Waals surface area contributed by atoms with Crippen LogP contribution in [0.25, 0.3) is 0 Å². The van der Waals surface area contributed by atoms with Crippen molar-refractivity contribution in [3.8, 4) is 12.3 Å². The van der Waals surface area contributed by atoms with Gasteiger partial charge in [0.25, 0.3) is 0 Å². The second-order valence-corrected chi connectivity index (χ2v) is 4.37. The van der Waals surface area contributed by atoms with Crippen LogP contribution in [0.1, 0.15) is 26.7 Å². The number of rotatable bonds is 6. The summed E-state index contributed by atoms with van der Waals surface area (Å²) in [5.74, 6) is 2.56. The molecular weight excluding hydrogens is 199 g/mol. The van der Waals surface area contributed by atoms with Crippen LogP contribution in [0.5, 0.6) is 0 Å². The summed E-state index contributed by atoms with van der Waals surface area (Å²) in [5, 5.41) is 0. The van der Waals surface area contributed by atoms with Crippen LogP contribution in [0.4, 0.5) is 0 Å². The molecule has 0 aromatic rings. The van der Waals surface area contributed by atoms with Gasteiger partial charge < -0.3 is 9.42 Å². The molecular formula is C10H17O3P. The molecule has 0 amide bonds. The molecule has 0 aliphatic heterocycles. The summed E-state index contributed by atoms with van der Waals surface area (Å²) in [6, 6.07) is 0. The van der Waals surface area contributed by atoms with Gasteiger partial charge in [-0.15, -0.1) is 13.0 Å². The summed E-state index contributed by atoms with van der Waals surface area (Å²) < 4.78 is 15.5. The Hall–Kier alpha value is -0.550. The van der Waals surface area contributed by atoms with Gasteiger partial charge in [-0.2, -0.15) is 0 Å². The molecule has 0 aliphatic rings. The average molecular weight is 216 g/mol. The molecule has 0 rings (SSSR count). The molecule has 14 heavy (non-hydrogen) atoms. The highest BCUT2D eigenvalue weighted by molar-refractivity contribution is 7.32. The predicted molar refractivity (Wildman–Crippen MR) is 58.1 cm³/mol. The Morgan fingerprint density at radius 2 is 2.36 bits per heavy atom. The first-order valence-electron chi connectivity index (χ1n) is 4.42. The third kappa shape index (κ3) is 4.62. The Bertz CT molecular complexity index is 253. The van der Waals surface area contributed by atoms with E-state index in [1.807, 2.05) is 13.8 Å². The zero-order chi connectivity index (χ0) is 11.2. The van der Waals surface area contributed by atoms with E-state index in [1.165, 1.54) is 0 Å². The Kier molecular flexibility index (Phi) is 5.79. The van der Waals surface area contributed by atoms with Gasteiger partial charge in [0.2, 0.25) is 0 Å². The fraction of sp³-hybridized carbons (Fsp3) is 0.600. The number of hydrogen-bond acceptors (Lipinski definition) is 2. The molecule has 4 heteroatoms. The van der Waals surface area contributed by atoms with E-state index in [1.54, 1.807) is 6.08 Å². The zero-order valence-electron chi connectivity index (χ0n) is 8.62. The average Bonchev–Trinajstić information content (AvgIpc) is 2.11. The molecule has 0 aromatic carbocycles. The van der Waals surface area contributed by atoms with E-state index < -0.39 is 19.8 Å². The number of allylic oxidation sites excluding steroid dienone is 1. The minimum absolute atomic E-state index is 0.401. The minimum atomic E-state index is -2.94. The van der Waals surface area contributed by atoms with E-state index in [0.29, 0.717) is 12.8 Å². The zero-order valence-corrected chi connectivity index (χ0v) is 9.62. The van der Waals surface area contributed by atoms with Crippen LogP contribution in [0, 0.1) is 17.8 Å². The van der Waals surface area contributed by atoms with E-state index in [9.17, 15) is 4.57 Å². The summed E-state index contributed by atoms with van der Waals surface area (Å²) in [5.41, 5.74) is -0.536. The first kappa shape index (κ1) is 13.4. The summed E-state index contributed by atoms with van der Waals surface area (Å²) in [4.78, 5) is 8.71. The lowest BCUT2D eigenvalue weighted by Gasteiger charge is -2.28. The molecule has 0 fully saturated rings. The monoisotopic (exact) mass is 216 g/mol. The Morgan fingerprint density at radius 1 is 1.79 bits per heavy atom. The van der Waals surface area contributed by atoms with Crippen LogP contribution in [0.2, 0.25) is 0 Å². The second kappa shape index (κ2) is 6.03. The van der Waals surface area contributed by atoms with Crippen molar-refractivity contribution in [2.45, 2.75) is 32.8 Å². The standard InChI is InChI=1S/C10H17O3P/c1-5-7-8-9(13-14(11)12)10(3,4)6-2/h2,5,9,14H,1,7-8H2,3-4H3,(H,11,12). The van der Waals surface area contributed by atoms with E-state index >= 15 is 0 Å². The molecule has 0 aliphatic carbocycles. The number of terminal acetylenes is 1. The summed E-state index contributed by atoms with van der Waals surface area (Å²) in [6.45, 7) is 7.20. The predicted octanol–water partition coefficient (Wildman–Crippen LogP) is 2.38. The highest BCUT2D eigenvalue weighted by Crippen LogP contribution is 2.32. The molecule has 0 saturated heterocycles. The Morgan fingerprint density at radius 3 is 2.71 bits per heavy atom. The Labute approximate surface area is 86.1 Å². The maximum atomic E-state index is 10.6. The third-order valence-corrected chi connectivity index (χ3v) is 2.54. The molecule has 0 heterocycles. The highest BCUT2D eigenvalue weighted by Gasteiger charge is 2.28. The summed E-state index contributed by atoms with van der Waals surface area (Å²) in [7, 11) is -2.94. The van der Waals surface area contributed by atoms with Crippen LogP contribution in [-0.2, 0) is 9.09 Å². The SMILES string of the molecule is C#CC(C)(C)C(CCC=C)O[PH](=O)O. The van der Waals surface area contributed by atoms with E-state index in [4.69, 9.17) is 15.8 Å². The van der Waals surface area contributed by atoms with Gasteiger partial charge in [-0.1, -0.05) is 12.0 Å². The van der Waals surface area contributed by atoms with Gasteiger partial charge in [0.15, 0.2) is 0 Å². The van der Waals surface area contributed by atoms with E-state index in [0.717, 1.165) is 0 Å². The first-order valence-corrected chi connectivity index (χ1v) is 5.68. The molecule has 2 atom stereocenters. The molecule has 0 bridgehead atoms. The van der Waals surface area contributed by atoms with E-state index in [-0.39, 0.29) is 0 Å².